The third-order valence-electron chi connectivity index (χ3n) is 9.19. The zero-order valence-electron chi connectivity index (χ0n) is 29.9. The van der Waals surface area contributed by atoms with Crippen molar-refractivity contribution in [2.45, 2.75) is 84.3 Å². The van der Waals surface area contributed by atoms with Crippen LogP contribution in [0.3, 0.4) is 0 Å². The topological polar surface area (TPSA) is 103 Å². The number of aromatic nitrogens is 2. The van der Waals surface area contributed by atoms with E-state index in [2.05, 4.69) is 14.9 Å². The number of anilines is 2. The maximum Gasteiger partial charge on any atom is 0.306 e. The van der Waals surface area contributed by atoms with Gasteiger partial charge < -0.3 is 23.8 Å². The monoisotopic (exact) mass is 672 g/mol. The second kappa shape index (κ2) is 16.5. The Balaban J connectivity index is 1.26. The van der Waals surface area contributed by atoms with Crippen LogP contribution in [0.2, 0.25) is 0 Å². The highest BCUT2D eigenvalue weighted by molar-refractivity contribution is 6.09. The first-order valence-corrected chi connectivity index (χ1v) is 17.6. The number of esters is 1. The number of hydrogen-bond acceptors (Lipinski definition) is 9. The molecule has 10 heteroatoms. The quantitative estimate of drug-likeness (QED) is 0.148. The average molecular weight is 673 g/mol. The normalized spacial score (nSPS) is 15.9. The molecule has 1 aromatic carbocycles. The molecule has 1 amide bonds. The molecule has 0 N–H and O–H groups in total. The number of hydrogen-bond donors (Lipinski definition) is 0. The molecule has 49 heavy (non-hydrogen) atoms. The van der Waals surface area contributed by atoms with Crippen molar-refractivity contribution in [2.75, 3.05) is 49.8 Å². The standard InChI is InChI=1S/C39H52N4O6/c1-7-47-37(44)24-33(29-11-12-29)30-15-19-41-36(22-30)48-25-28-16-20-42(21-17-28)34-23-31(46-6)13-14-32(34)38(45)43(35-10-8-9-18-40-35)26-39(4,5)49-27(2)3/h8-10,13-15,18-19,22-23,27-29,33H,7,11-12,16-17,20-21,24-26H2,1-6H3. The largest absolute Gasteiger partial charge is 0.497 e. The smallest absolute Gasteiger partial charge is 0.306 e. The van der Waals surface area contributed by atoms with Gasteiger partial charge in [-0.25, -0.2) is 9.97 Å². The lowest BCUT2D eigenvalue weighted by atomic mass is 9.92. The van der Waals surface area contributed by atoms with Crippen molar-refractivity contribution < 1.29 is 28.5 Å². The van der Waals surface area contributed by atoms with Crippen molar-refractivity contribution in [3.63, 3.8) is 0 Å². The molecule has 1 saturated carbocycles. The Hall–Kier alpha value is -4.18. The van der Waals surface area contributed by atoms with Gasteiger partial charge in [0.2, 0.25) is 5.88 Å². The van der Waals surface area contributed by atoms with Crippen LogP contribution in [-0.2, 0) is 14.3 Å². The summed E-state index contributed by atoms with van der Waals surface area (Å²) in [5, 5.41) is 0. The van der Waals surface area contributed by atoms with Crippen molar-refractivity contribution >= 4 is 23.4 Å². The molecule has 1 atom stereocenters. The van der Waals surface area contributed by atoms with Gasteiger partial charge in [-0.2, -0.15) is 0 Å². The maximum absolute atomic E-state index is 14.4. The van der Waals surface area contributed by atoms with Crippen molar-refractivity contribution in [3.8, 4) is 11.6 Å². The number of pyridine rings is 2. The molecular formula is C39H52N4O6. The fraction of sp³-hybridized carbons (Fsp3) is 0.538. The number of piperidine rings is 1. The molecule has 0 bridgehead atoms. The van der Waals surface area contributed by atoms with Crippen LogP contribution in [0.4, 0.5) is 11.5 Å². The van der Waals surface area contributed by atoms with Crippen LogP contribution < -0.4 is 19.3 Å². The first kappa shape index (κ1) is 36.1. The van der Waals surface area contributed by atoms with Crippen LogP contribution in [0.15, 0.2) is 60.9 Å². The molecule has 3 heterocycles. The molecule has 5 rings (SSSR count). The van der Waals surface area contributed by atoms with Crippen LogP contribution in [0.1, 0.15) is 88.6 Å². The van der Waals surface area contributed by atoms with Crippen LogP contribution in [-0.4, -0.2) is 73.5 Å². The summed E-state index contributed by atoms with van der Waals surface area (Å²) in [6.07, 6.45) is 7.94. The lowest BCUT2D eigenvalue weighted by Gasteiger charge is -2.36. The van der Waals surface area contributed by atoms with E-state index in [0.29, 0.717) is 61.0 Å². The van der Waals surface area contributed by atoms with Crippen LogP contribution in [0, 0.1) is 11.8 Å². The van der Waals surface area contributed by atoms with Crippen LogP contribution in [0.5, 0.6) is 11.6 Å². The van der Waals surface area contributed by atoms with E-state index in [0.717, 1.165) is 50.0 Å². The van der Waals surface area contributed by atoms with Gasteiger partial charge in [-0.1, -0.05) is 6.07 Å². The number of nitrogens with zero attached hydrogens (tertiary/aromatic N) is 4. The van der Waals surface area contributed by atoms with Crippen molar-refractivity contribution in [1.29, 1.82) is 0 Å². The highest BCUT2D eigenvalue weighted by Gasteiger charge is 2.35. The summed E-state index contributed by atoms with van der Waals surface area (Å²) in [4.78, 5) is 39.7. The summed E-state index contributed by atoms with van der Waals surface area (Å²) in [6.45, 7) is 12.7. The fourth-order valence-electron chi connectivity index (χ4n) is 6.79. The number of carbonyl (C=O) groups is 2. The first-order chi connectivity index (χ1) is 23.6. The van der Waals surface area contributed by atoms with E-state index in [-0.39, 0.29) is 23.9 Å². The van der Waals surface area contributed by atoms with Gasteiger partial charge in [0.1, 0.15) is 11.6 Å². The van der Waals surface area contributed by atoms with E-state index in [1.165, 1.54) is 0 Å². The number of benzene rings is 1. The van der Waals surface area contributed by atoms with Gasteiger partial charge in [0, 0.05) is 37.6 Å². The molecule has 1 aliphatic heterocycles. The summed E-state index contributed by atoms with van der Waals surface area (Å²) >= 11 is 0. The lowest BCUT2D eigenvalue weighted by molar-refractivity contribution is -0.143. The zero-order valence-corrected chi connectivity index (χ0v) is 29.9. The van der Waals surface area contributed by atoms with Gasteiger partial charge in [0.05, 0.1) is 56.2 Å². The highest BCUT2D eigenvalue weighted by atomic mass is 16.5. The van der Waals surface area contributed by atoms with E-state index in [1.807, 2.05) is 83.1 Å². The van der Waals surface area contributed by atoms with Gasteiger partial charge in [-0.15, -0.1) is 0 Å². The molecule has 2 fully saturated rings. The number of carbonyl (C=O) groups excluding carboxylic acids is 2. The molecule has 0 spiro atoms. The third-order valence-corrected chi connectivity index (χ3v) is 9.19. The number of rotatable bonds is 16. The highest BCUT2D eigenvalue weighted by Crippen LogP contribution is 2.45. The molecule has 264 valence electrons. The second-order valence-corrected chi connectivity index (χ2v) is 14.0. The van der Waals surface area contributed by atoms with Gasteiger partial charge >= 0.3 is 5.97 Å². The summed E-state index contributed by atoms with van der Waals surface area (Å²) in [6, 6.07) is 15.2. The molecule has 1 saturated heterocycles. The van der Waals surface area contributed by atoms with Crippen molar-refractivity contribution in [3.05, 3.63) is 72.1 Å². The Bertz CT molecular complexity index is 1540. The van der Waals surface area contributed by atoms with Crippen LogP contribution in [0.25, 0.3) is 0 Å². The molecule has 2 aliphatic rings. The Kier molecular flexibility index (Phi) is 12.1. The Morgan fingerprint density at radius 3 is 2.43 bits per heavy atom. The Labute approximate surface area is 291 Å². The minimum atomic E-state index is -0.597. The van der Waals surface area contributed by atoms with E-state index >= 15 is 0 Å². The van der Waals surface area contributed by atoms with Crippen molar-refractivity contribution in [2.24, 2.45) is 11.8 Å². The predicted molar refractivity (Wildman–Crippen MR) is 191 cm³/mol. The summed E-state index contributed by atoms with van der Waals surface area (Å²) < 4.78 is 23.3. The van der Waals surface area contributed by atoms with Gasteiger partial charge in [-0.3, -0.25) is 14.5 Å². The number of ether oxygens (including phenoxy) is 4. The molecule has 0 radical (unpaired) electrons. The SMILES string of the molecule is CCOC(=O)CC(c1ccnc(OCC2CCN(c3cc(OC)ccc3C(=O)N(CC(C)(C)OC(C)C)c3ccccn3)CC2)c1)C1CC1. The third kappa shape index (κ3) is 9.94. The minimum absolute atomic E-state index is 0.00760. The molecule has 2 aromatic heterocycles. The molecule has 10 nitrogen and oxygen atoms in total. The van der Waals surface area contributed by atoms with Gasteiger partial charge in [0.15, 0.2) is 0 Å². The number of methoxy groups -OCH3 is 1. The maximum atomic E-state index is 14.4. The molecular weight excluding hydrogens is 620 g/mol. The van der Waals surface area contributed by atoms with Gasteiger partial charge in [0.25, 0.3) is 5.91 Å². The van der Waals surface area contributed by atoms with Gasteiger partial charge in [-0.05, 0) is 114 Å². The van der Waals surface area contributed by atoms with Crippen LogP contribution >= 0.6 is 0 Å². The summed E-state index contributed by atoms with van der Waals surface area (Å²) in [5.74, 6) is 2.55. The summed E-state index contributed by atoms with van der Waals surface area (Å²) in [5.41, 5.74) is 1.93. The van der Waals surface area contributed by atoms with E-state index < -0.39 is 5.60 Å². The number of amides is 1. The zero-order chi connectivity index (χ0) is 35.0. The minimum Gasteiger partial charge on any atom is -0.497 e. The summed E-state index contributed by atoms with van der Waals surface area (Å²) in [7, 11) is 1.64. The second-order valence-electron chi connectivity index (χ2n) is 14.0. The Morgan fingerprint density at radius 2 is 1.78 bits per heavy atom. The molecule has 1 aliphatic carbocycles. The average Bonchev–Trinajstić information content (AvgIpc) is 3.94. The lowest BCUT2D eigenvalue weighted by Crippen LogP contribution is -2.46. The fourth-order valence-corrected chi connectivity index (χ4v) is 6.79. The predicted octanol–water partition coefficient (Wildman–Crippen LogP) is 7.08. The van der Waals surface area contributed by atoms with E-state index in [4.69, 9.17) is 18.9 Å². The van der Waals surface area contributed by atoms with E-state index in [9.17, 15) is 9.59 Å². The molecule has 1 unspecified atom stereocenters. The van der Waals surface area contributed by atoms with E-state index in [1.54, 1.807) is 24.4 Å². The molecule has 3 aromatic rings. The van der Waals surface area contributed by atoms with Crippen molar-refractivity contribution in [1.82, 2.24) is 9.97 Å². The first-order valence-electron chi connectivity index (χ1n) is 17.6. The Morgan fingerprint density at radius 1 is 1.00 bits per heavy atom.